The zero-order chi connectivity index (χ0) is 7.56. The van der Waals surface area contributed by atoms with E-state index in [1.807, 2.05) is 0 Å². The van der Waals surface area contributed by atoms with Crippen molar-refractivity contribution >= 4 is 32.5 Å². The highest BCUT2D eigenvalue weighted by atomic mass is 79.9. The molecular weight excluding hydrogens is 220 g/mol. The van der Waals surface area contributed by atoms with Crippen LogP contribution in [0.3, 0.4) is 0 Å². The van der Waals surface area contributed by atoms with Gasteiger partial charge in [0, 0.05) is 16.9 Å². The molecule has 0 saturated carbocycles. The number of nitro groups is 1. The number of nitrogens with zero attached hydrogens (tertiary/aromatic N) is 2. The molecule has 0 fully saturated rings. The van der Waals surface area contributed by atoms with E-state index in [-0.39, 0.29) is 5.00 Å². The summed E-state index contributed by atoms with van der Waals surface area (Å²) in [7, 11) is 0. The first kappa shape index (κ1) is 7.62. The Morgan fingerprint density at radius 3 is 2.90 bits per heavy atom. The maximum absolute atomic E-state index is 10.1. The van der Waals surface area contributed by atoms with Gasteiger partial charge in [-0.3, -0.25) is 10.1 Å². The van der Waals surface area contributed by atoms with Crippen LogP contribution < -0.4 is 0 Å². The fourth-order valence-corrected chi connectivity index (χ4v) is 1.49. The predicted molar refractivity (Wildman–Crippen MR) is 41.4 cm³/mol. The molecule has 1 aromatic rings. The highest BCUT2D eigenvalue weighted by molar-refractivity contribution is 9.08. The molecule has 6 heteroatoms. The largest absolute Gasteiger partial charge is 0.343 e. The molecule has 0 atom stereocenters. The normalized spacial score (nSPS) is 9.70. The lowest BCUT2D eigenvalue weighted by molar-refractivity contribution is -0.380. The van der Waals surface area contributed by atoms with Gasteiger partial charge in [0.2, 0.25) is 0 Å². The Morgan fingerprint density at radius 2 is 2.60 bits per heavy atom. The zero-order valence-corrected chi connectivity index (χ0v) is 7.18. The second-order valence-corrected chi connectivity index (χ2v) is 2.89. The molecular formula is C4H3BrN2O2S. The maximum Gasteiger partial charge on any atom is 0.343 e. The fraction of sp³-hybridized carbons (Fsp3) is 0.250. The van der Waals surface area contributed by atoms with Crippen molar-refractivity contribution < 1.29 is 4.92 Å². The summed E-state index contributed by atoms with van der Waals surface area (Å²) < 4.78 is 3.81. The Hall–Kier alpha value is -0.490. The molecule has 4 nitrogen and oxygen atoms in total. The van der Waals surface area contributed by atoms with E-state index in [0.29, 0.717) is 11.0 Å². The SMILES string of the molecule is O=[N+]([O-])c1cc(CBr)ns1. The van der Waals surface area contributed by atoms with Crippen molar-refractivity contribution in [2.75, 3.05) is 0 Å². The highest BCUT2D eigenvalue weighted by Crippen LogP contribution is 2.19. The summed E-state index contributed by atoms with van der Waals surface area (Å²) in [5.74, 6) is 0. The number of aromatic nitrogens is 1. The van der Waals surface area contributed by atoms with Gasteiger partial charge in [-0.25, -0.2) is 0 Å². The Bertz CT molecular complexity index is 249. The molecule has 0 aliphatic carbocycles. The molecule has 10 heavy (non-hydrogen) atoms. The summed E-state index contributed by atoms with van der Waals surface area (Å²) in [5.41, 5.74) is 0.705. The van der Waals surface area contributed by atoms with Gasteiger partial charge in [0.25, 0.3) is 0 Å². The monoisotopic (exact) mass is 222 g/mol. The van der Waals surface area contributed by atoms with Crippen molar-refractivity contribution in [3.05, 3.63) is 21.9 Å². The van der Waals surface area contributed by atoms with Crippen LogP contribution in [0.5, 0.6) is 0 Å². The molecule has 0 spiro atoms. The molecule has 54 valence electrons. The van der Waals surface area contributed by atoms with Gasteiger partial charge in [-0.2, -0.15) is 4.37 Å². The standard InChI is InChI=1S/C4H3BrN2O2S/c5-2-3-1-4(7(8)9)10-6-3/h1H,2H2. The molecule has 0 amide bonds. The van der Waals surface area contributed by atoms with Gasteiger partial charge >= 0.3 is 5.00 Å². The Labute approximate surface area is 69.3 Å². The second kappa shape index (κ2) is 3.07. The predicted octanol–water partition coefficient (Wildman–Crippen LogP) is 1.95. The summed E-state index contributed by atoms with van der Waals surface area (Å²) in [6.07, 6.45) is 0. The van der Waals surface area contributed by atoms with Crippen LogP contribution in [0.1, 0.15) is 5.69 Å². The fourth-order valence-electron chi connectivity index (χ4n) is 0.450. The average molecular weight is 223 g/mol. The van der Waals surface area contributed by atoms with E-state index in [9.17, 15) is 10.1 Å². The molecule has 0 aliphatic rings. The molecule has 1 heterocycles. The van der Waals surface area contributed by atoms with Gasteiger partial charge in [-0.05, 0) is 0 Å². The van der Waals surface area contributed by atoms with Crippen LogP contribution in [0.2, 0.25) is 0 Å². The third-order valence-corrected chi connectivity index (χ3v) is 2.22. The van der Waals surface area contributed by atoms with E-state index in [1.54, 1.807) is 0 Å². The van der Waals surface area contributed by atoms with Crippen molar-refractivity contribution in [1.82, 2.24) is 4.37 Å². The number of alkyl halides is 1. The maximum atomic E-state index is 10.1. The van der Waals surface area contributed by atoms with Crippen molar-refractivity contribution in [2.45, 2.75) is 5.33 Å². The van der Waals surface area contributed by atoms with Gasteiger partial charge in [-0.15, -0.1) is 0 Å². The van der Waals surface area contributed by atoms with Crippen LogP contribution in [-0.2, 0) is 5.33 Å². The van der Waals surface area contributed by atoms with Gasteiger partial charge in [0.05, 0.1) is 16.7 Å². The molecule has 0 bridgehead atoms. The first-order chi connectivity index (χ1) is 4.74. The van der Waals surface area contributed by atoms with Gasteiger partial charge < -0.3 is 0 Å². The molecule has 1 rings (SSSR count). The van der Waals surface area contributed by atoms with Gasteiger partial charge in [-0.1, -0.05) is 15.9 Å². The van der Waals surface area contributed by atoms with Crippen LogP contribution in [0.15, 0.2) is 6.07 Å². The summed E-state index contributed by atoms with van der Waals surface area (Å²) in [6.45, 7) is 0. The summed E-state index contributed by atoms with van der Waals surface area (Å²) in [6, 6.07) is 1.46. The minimum absolute atomic E-state index is 0.0921. The lowest BCUT2D eigenvalue weighted by Gasteiger charge is -1.77. The smallest absolute Gasteiger partial charge is 0.258 e. The third kappa shape index (κ3) is 1.51. The molecule has 0 N–H and O–H groups in total. The van der Waals surface area contributed by atoms with E-state index < -0.39 is 4.92 Å². The summed E-state index contributed by atoms with van der Waals surface area (Å²) in [4.78, 5) is 9.65. The van der Waals surface area contributed by atoms with Gasteiger partial charge in [0.15, 0.2) is 0 Å². The van der Waals surface area contributed by atoms with Crippen molar-refractivity contribution in [2.24, 2.45) is 0 Å². The van der Waals surface area contributed by atoms with Crippen LogP contribution >= 0.6 is 27.5 Å². The minimum Gasteiger partial charge on any atom is -0.258 e. The van der Waals surface area contributed by atoms with Crippen molar-refractivity contribution in [3.8, 4) is 0 Å². The Morgan fingerprint density at radius 1 is 1.90 bits per heavy atom. The quantitative estimate of drug-likeness (QED) is 0.437. The van der Waals surface area contributed by atoms with Crippen molar-refractivity contribution in [3.63, 3.8) is 0 Å². The molecule has 0 unspecified atom stereocenters. The zero-order valence-electron chi connectivity index (χ0n) is 4.78. The van der Waals surface area contributed by atoms with E-state index >= 15 is 0 Å². The summed E-state index contributed by atoms with van der Waals surface area (Å²) in [5, 5.41) is 10.7. The molecule has 0 aromatic carbocycles. The Balaban J connectivity index is 2.88. The third-order valence-electron chi connectivity index (χ3n) is 0.863. The highest BCUT2D eigenvalue weighted by Gasteiger charge is 2.09. The van der Waals surface area contributed by atoms with E-state index in [0.717, 1.165) is 11.5 Å². The summed E-state index contributed by atoms with van der Waals surface area (Å²) >= 11 is 4.04. The minimum atomic E-state index is -0.441. The number of halogens is 1. The van der Waals surface area contributed by atoms with Crippen LogP contribution in [0, 0.1) is 10.1 Å². The average Bonchev–Trinajstić information content (AvgIpc) is 2.34. The lowest BCUT2D eigenvalue weighted by Crippen LogP contribution is -1.81. The number of hydrogen-bond donors (Lipinski definition) is 0. The topological polar surface area (TPSA) is 56.0 Å². The number of rotatable bonds is 2. The molecule has 0 aliphatic heterocycles. The molecule has 0 saturated heterocycles. The second-order valence-electron chi connectivity index (χ2n) is 1.55. The van der Waals surface area contributed by atoms with E-state index in [2.05, 4.69) is 20.3 Å². The number of hydrogen-bond acceptors (Lipinski definition) is 4. The van der Waals surface area contributed by atoms with E-state index in [1.165, 1.54) is 6.07 Å². The first-order valence-electron chi connectivity index (χ1n) is 2.40. The van der Waals surface area contributed by atoms with Crippen LogP contribution in [0.4, 0.5) is 5.00 Å². The van der Waals surface area contributed by atoms with Crippen molar-refractivity contribution in [1.29, 1.82) is 0 Å². The molecule has 0 radical (unpaired) electrons. The first-order valence-corrected chi connectivity index (χ1v) is 4.29. The van der Waals surface area contributed by atoms with Crippen LogP contribution in [0.25, 0.3) is 0 Å². The molecule has 1 aromatic heterocycles. The lowest BCUT2D eigenvalue weighted by atomic mass is 10.5. The Kier molecular flexibility index (Phi) is 2.34. The van der Waals surface area contributed by atoms with Crippen LogP contribution in [-0.4, -0.2) is 9.30 Å². The van der Waals surface area contributed by atoms with Gasteiger partial charge in [0.1, 0.15) is 0 Å². The van der Waals surface area contributed by atoms with E-state index in [4.69, 9.17) is 0 Å².